The number of hydrogen-bond donors (Lipinski definition) is 0. The number of alkyl halides is 1. The molecule has 6 nitrogen and oxygen atoms in total. The zero-order valence-electron chi connectivity index (χ0n) is 20.8. The predicted octanol–water partition coefficient (Wildman–Crippen LogP) is 6.06. The molecule has 1 aliphatic heterocycles. The lowest BCUT2D eigenvalue weighted by atomic mass is 9.66. The third-order valence-electron chi connectivity index (χ3n) is 7.69. The fourth-order valence-corrected chi connectivity index (χ4v) is 8.46. The number of carbonyl (C=O) groups excluding carboxylic acids is 2. The molecule has 2 amide bonds. The predicted molar refractivity (Wildman–Crippen MR) is 149 cm³/mol. The highest BCUT2D eigenvalue weighted by Crippen LogP contribution is 2.64. The van der Waals surface area contributed by atoms with Crippen LogP contribution in [0.4, 0.5) is 10.5 Å². The van der Waals surface area contributed by atoms with Crippen molar-refractivity contribution in [3.63, 3.8) is 0 Å². The van der Waals surface area contributed by atoms with Crippen molar-refractivity contribution in [1.29, 1.82) is 0 Å². The van der Waals surface area contributed by atoms with Crippen LogP contribution in [0.15, 0.2) is 53.0 Å². The zero-order valence-corrected chi connectivity index (χ0v) is 25.0. The van der Waals surface area contributed by atoms with Crippen molar-refractivity contribution in [3.05, 3.63) is 53.0 Å². The molecular weight excluding hydrogens is 592 g/mol. The van der Waals surface area contributed by atoms with Gasteiger partial charge in [-0.05, 0) is 46.4 Å². The van der Waals surface area contributed by atoms with Crippen LogP contribution in [0.1, 0.15) is 6.42 Å². The van der Waals surface area contributed by atoms with Gasteiger partial charge >= 0.3 is 6.09 Å². The smallest absolute Gasteiger partial charge is 0.409 e. The van der Waals surface area contributed by atoms with E-state index in [1.807, 2.05) is 30.3 Å². The van der Waals surface area contributed by atoms with Crippen LogP contribution in [0.25, 0.3) is 0 Å². The lowest BCUT2D eigenvalue weighted by Gasteiger charge is -2.41. The number of hydrogen-bond acceptors (Lipinski definition) is 4. The summed E-state index contributed by atoms with van der Waals surface area (Å²) in [6.07, 6.45) is 4.43. The van der Waals surface area contributed by atoms with E-state index in [4.69, 9.17) is 9.47 Å². The van der Waals surface area contributed by atoms with Crippen molar-refractivity contribution in [1.82, 2.24) is 4.90 Å². The average molecular weight is 626 g/mol. The molecule has 2 fully saturated rings. The Morgan fingerprint density at radius 2 is 2.03 bits per heavy atom. The zero-order chi connectivity index (χ0) is 25.5. The van der Waals surface area contributed by atoms with Gasteiger partial charge in [0.2, 0.25) is 0 Å². The molecule has 35 heavy (non-hydrogen) atoms. The molecule has 0 spiro atoms. The molecular formula is C26H34Br2N2O4Si. The minimum Gasteiger partial charge on any atom is -0.453 e. The maximum atomic E-state index is 14.2. The van der Waals surface area contributed by atoms with E-state index >= 15 is 0 Å². The van der Waals surface area contributed by atoms with Crippen molar-refractivity contribution < 1.29 is 19.1 Å². The third kappa shape index (κ3) is 4.69. The van der Waals surface area contributed by atoms with E-state index in [0.717, 1.165) is 28.2 Å². The van der Waals surface area contributed by atoms with Gasteiger partial charge in [-0.3, -0.25) is 9.69 Å². The number of nitrogens with zero attached hydrogens (tertiary/aromatic N) is 2. The van der Waals surface area contributed by atoms with E-state index < -0.39 is 8.07 Å². The number of anilines is 1. The number of methoxy groups -OCH3 is 1. The lowest BCUT2D eigenvalue weighted by molar-refractivity contribution is -0.117. The fourth-order valence-electron chi connectivity index (χ4n) is 5.90. The number of rotatable bonds is 8. The first kappa shape index (κ1) is 26.6. The summed E-state index contributed by atoms with van der Waals surface area (Å²) in [6.45, 7) is 12.4. The number of allylic oxidation sites excluding steroid dienone is 1. The highest BCUT2D eigenvalue weighted by Gasteiger charge is 2.69. The molecule has 9 heteroatoms. The molecule has 4 rings (SSSR count). The fraction of sp³-hybridized carbons (Fsp3) is 0.538. The van der Waals surface area contributed by atoms with Crippen LogP contribution in [-0.4, -0.2) is 62.8 Å². The maximum Gasteiger partial charge on any atom is 0.409 e. The summed E-state index contributed by atoms with van der Waals surface area (Å²) in [7, 11) is 0.142. The maximum absolute atomic E-state index is 14.2. The van der Waals surface area contributed by atoms with Crippen LogP contribution in [0.3, 0.4) is 0 Å². The number of likely N-dealkylation sites (tertiary alicyclic amines) is 1. The highest BCUT2D eigenvalue weighted by atomic mass is 79.9. The number of carbonyl (C=O) groups is 2. The van der Waals surface area contributed by atoms with Crippen LogP contribution < -0.4 is 4.90 Å². The SMILES string of the molecule is C=C[C@]12CN(C(=O)OC)[C@@H]3[C@H](Br)[C@H]1CC=C(C(=O)N(COCC[Si](C)(C)C)c1ccccc1Br)[C@@H]32. The molecule has 2 aliphatic carbocycles. The standard InChI is InChI=1S/C26H34Br2N2O4Si/c1-6-26-15-29(25(32)33-2)23-21(26)17(11-12-18(26)22(23)28)24(31)30(16-34-13-14-35(3,4)5)20-10-8-7-9-19(20)27/h6-11,18,21-23H,1,12-16H2,2-5H3/t18-,21+,22-,23+,26+/m1/s1. The van der Waals surface area contributed by atoms with Gasteiger partial charge in [0.1, 0.15) is 6.73 Å². The number of ether oxygens (including phenoxy) is 2. The molecule has 4 bridgehead atoms. The molecule has 1 aromatic rings. The summed E-state index contributed by atoms with van der Waals surface area (Å²) in [5.74, 6) is 0.0388. The monoisotopic (exact) mass is 624 g/mol. The Labute approximate surface area is 226 Å². The van der Waals surface area contributed by atoms with Gasteiger partial charge in [0.15, 0.2) is 0 Å². The summed E-state index contributed by atoms with van der Waals surface area (Å²) >= 11 is 7.50. The Balaban J connectivity index is 1.66. The van der Waals surface area contributed by atoms with Crippen molar-refractivity contribution in [3.8, 4) is 0 Å². The topological polar surface area (TPSA) is 59.1 Å². The molecule has 0 aromatic heterocycles. The lowest BCUT2D eigenvalue weighted by Crippen LogP contribution is -2.48. The Hall–Kier alpha value is -1.42. The van der Waals surface area contributed by atoms with Gasteiger partial charge in [0, 0.05) is 47.4 Å². The summed E-state index contributed by atoms with van der Waals surface area (Å²) in [5, 5.41) is 0. The molecule has 0 radical (unpaired) electrons. The van der Waals surface area contributed by atoms with Crippen LogP contribution in [0, 0.1) is 17.3 Å². The highest BCUT2D eigenvalue weighted by molar-refractivity contribution is 9.10. The molecule has 190 valence electrons. The van der Waals surface area contributed by atoms with E-state index in [9.17, 15) is 9.59 Å². The van der Waals surface area contributed by atoms with E-state index in [2.05, 4.69) is 64.2 Å². The van der Waals surface area contributed by atoms with Crippen LogP contribution in [0.2, 0.25) is 25.7 Å². The second kappa shape index (κ2) is 10.1. The number of para-hydroxylation sites is 1. The van der Waals surface area contributed by atoms with Crippen molar-refractivity contribution in [2.75, 3.05) is 31.9 Å². The summed E-state index contributed by atoms with van der Waals surface area (Å²) < 4.78 is 12.0. The van der Waals surface area contributed by atoms with Gasteiger partial charge in [-0.25, -0.2) is 4.79 Å². The van der Waals surface area contributed by atoms with Crippen LogP contribution >= 0.6 is 31.9 Å². The van der Waals surface area contributed by atoms with Crippen molar-refractivity contribution >= 4 is 57.6 Å². The Morgan fingerprint density at radius 1 is 1.31 bits per heavy atom. The first-order chi connectivity index (χ1) is 16.6. The molecule has 3 aliphatic rings. The molecule has 1 heterocycles. The van der Waals surface area contributed by atoms with Crippen molar-refractivity contribution in [2.45, 2.75) is 43.0 Å². The second-order valence-corrected chi connectivity index (χ2v) is 18.4. The Bertz CT molecular complexity index is 1040. The van der Waals surface area contributed by atoms with Gasteiger partial charge in [-0.15, -0.1) is 6.58 Å². The average Bonchev–Trinajstić information content (AvgIpc) is 3.23. The van der Waals surface area contributed by atoms with Gasteiger partial charge in [-0.1, -0.05) is 59.9 Å². The third-order valence-corrected chi connectivity index (χ3v) is 11.2. The van der Waals surface area contributed by atoms with E-state index in [-0.39, 0.29) is 46.9 Å². The summed E-state index contributed by atoms with van der Waals surface area (Å²) in [5.41, 5.74) is 1.13. The Morgan fingerprint density at radius 3 is 2.66 bits per heavy atom. The minimum atomic E-state index is -1.26. The number of piperidine rings is 1. The first-order valence-corrected chi connectivity index (χ1v) is 17.4. The van der Waals surface area contributed by atoms with E-state index in [1.54, 1.807) is 9.80 Å². The minimum absolute atomic E-state index is 0.0600. The van der Waals surface area contributed by atoms with Gasteiger partial charge in [0.25, 0.3) is 5.91 Å². The Kier molecular flexibility index (Phi) is 7.72. The molecule has 0 unspecified atom stereocenters. The van der Waals surface area contributed by atoms with Crippen LogP contribution in [-0.2, 0) is 14.3 Å². The molecule has 1 saturated heterocycles. The number of amides is 2. The van der Waals surface area contributed by atoms with E-state index in [1.165, 1.54) is 7.11 Å². The van der Waals surface area contributed by atoms with Gasteiger partial charge in [0.05, 0.1) is 18.8 Å². The molecule has 5 atom stereocenters. The van der Waals surface area contributed by atoms with E-state index in [0.29, 0.717) is 13.2 Å². The van der Waals surface area contributed by atoms with Gasteiger partial charge < -0.3 is 14.4 Å². The summed E-state index contributed by atoms with van der Waals surface area (Å²) in [4.78, 5) is 30.4. The first-order valence-electron chi connectivity index (χ1n) is 12.0. The second-order valence-electron chi connectivity index (χ2n) is 10.9. The van der Waals surface area contributed by atoms with Crippen LogP contribution in [0.5, 0.6) is 0 Å². The quantitative estimate of drug-likeness (QED) is 0.116. The number of halogens is 2. The number of benzene rings is 1. The molecule has 0 N–H and O–H groups in total. The van der Waals surface area contributed by atoms with Crippen molar-refractivity contribution in [2.24, 2.45) is 17.3 Å². The largest absolute Gasteiger partial charge is 0.453 e. The van der Waals surface area contributed by atoms with Gasteiger partial charge in [-0.2, -0.15) is 0 Å². The summed E-state index contributed by atoms with van der Waals surface area (Å²) in [6, 6.07) is 8.57. The molecule has 1 saturated carbocycles. The molecule has 1 aromatic carbocycles. The normalized spacial score (nSPS) is 29.1.